The Labute approximate surface area is 125 Å². The summed E-state index contributed by atoms with van der Waals surface area (Å²) < 4.78 is 0. The molecule has 0 atom stereocenters. The van der Waals surface area contributed by atoms with Gasteiger partial charge >= 0.3 is 12.0 Å². The second-order valence-electron chi connectivity index (χ2n) is 6.57. The van der Waals surface area contributed by atoms with Crippen molar-refractivity contribution in [3.63, 3.8) is 0 Å². The summed E-state index contributed by atoms with van der Waals surface area (Å²) in [6.45, 7) is 5.10. The number of amides is 2. The van der Waals surface area contributed by atoms with Gasteiger partial charge in [-0.3, -0.25) is 9.69 Å². The molecule has 1 N–H and O–H groups in total. The van der Waals surface area contributed by atoms with Gasteiger partial charge in [0.2, 0.25) is 0 Å². The van der Waals surface area contributed by atoms with Crippen LogP contribution in [0.3, 0.4) is 0 Å². The molecule has 0 spiro atoms. The van der Waals surface area contributed by atoms with E-state index in [0.29, 0.717) is 13.1 Å². The third-order valence-electron chi connectivity index (χ3n) is 5.00. The van der Waals surface area contributed by atoms with E-state index in [4.69, 9.17) is 5.11 Å². The second kappa shape index (κ2) is 6.22. The number of nitrogens with zero attached hydrogens (tertiary/aromatic N) is 3. The summed E-state index contributed by atoms with van der Waals surface area (Å²) in [7, 11) is 0. The predicted octanol–water partition coefficient (Wildman–Crippen LogP) is 1.07. The lowest BCUT2D eigenvalue weighted by Crippen LogP contribution is -2.54. The Kier molecular flexibility index (Phi) is 4.33. The molecule has 6 heteroatoms. The number of carboxylic acids is 1. The fourth-order valence-corrected chi connectivity index (χ4v) is 3.49. The van der Waals surface area contributed by atoms with Crippen molar-refractivity contribution in [1.29, 1.82) is 0 Å². The van der Waals surface area contributed by atoms with Crippen LogP contribution in [0.1, 0.15) is 32.1 Å². The maximum Gasteiger partial charge on any atom is 0.320 e. The van der Waals surface area contributed by atoms with Crippen LogP contribution in [-0.2, 0) is 4.79 Å². The molecule has 1 aliphatic carbocycles. The molecule has 6 nitrogen and oxygen atoms in total. The van der Waals surface area contributed by atoms with Crippen LogP contribution in [-0.4, -0.2) is 77.1 Å². The molecule has 3 fully saturated rings. The molecule has 2 amide bonds. The molecule has 0 aromatic rings. The largest absolute Gasteiger partial charge is 0.481 e. The Hall–Kier alpha value is -1.30. The molecule has 0 aromatic carbocycles. The van der Waals surface area contributed by atoms with Crippen LogP contribution in [0.5, 0.6) is 0 Å². The van der Waals surface area contributed by atoms with Crippen molar-refractivity contribution >= 4 is 12.0 Å². The number of hydrogen-bond acceptors (Lipinski definition) is 3. The fourth-order valence-electron chi connectivity index (χ4n) is 3.49. The van der Waals surface area contributed by atoms with E-state index in [1.807, 2.05) is 9.80 Å². The first-order valence-corrected chi connectivity index (χ1v) is 8.13. The molecule has 2 heterocycles. The Balaban J connectivity index is 1.42. The first kappa shape index (κ1) is 14.6. The van der Waals surface area contributed by atoms with Gasteiger partial charge in [0.25, 0.3) is 0 Å². The van der Waals surface area contributed by atoms with E-state index in [1.54, 1.807) is 0 Å². The molecular weight excluding hydrogens is 270 g/mol. The SMILES string of the molecule is O=C(O)CC1CCN(C(=O)N2CCN(C3CC3)CC2)CC1. The summed E-state index contributed by atoms with van der Waals surface area (Å²) in [4.78, 5) is 29.6. The number of urea groups is 1. The maximum atomic E-state index is 12.5. The van der Waals surface area contributed by atoms with Gasteiger partial charge in [-0.05, 0) is 31.6 Å². The van der Waals surface area contributed by atoms with Gasteiger partial charge in [0.05, 0.1) is 0 Å². The topological polar surface area (TPSA) is 64.1 Å². The first-order valence-electron chi connectivity index (χ1n) is 8.13. The number of hydrogen-bond donors (Lipinski definition) is 1. The summed E-state index contributed by atoms with van der Waals surface area (Å²) in [6.07, 6.45) is 4.53. The van der Waals surface area contributed by atoms with Crippen molar-refractivity contribution in [3.8, 4) is 0 Å². The third-order valence-corrected chi connectivity index (χ3v) is 5.00. The molecule has 0 radical (unpaired) electrons. The molecule has 2 saturated heterocycles. The van der Waals surface area contributed by atoms with Crippen molar-refractivity contribution in [1.82, 2.24) is 14.7 Å². The quantitative estimate of drug-likeness (QED) is 0.846. The van der Waals surface area contributed by atoms with E-state index >= 15 is 0 Å². The Morgan fingerprint density at radius 3 is 1.95 bits per heavy atom. The number of rotatable bonds is 3. The number of aliphatic carboxylic acids is 1. The number of likely N-dealkylation sites (tertiary alicyclic amines) is 1. The summed E-state index contributed by atoms with van der Waals surface area (Å²) in [5.41, 5.74) is 0. The maximum absolute atomic E-state index is 12.5. The van der Waals surface area contributed by atoms with Gasteiger partial charge in [0.15, 0.2) is 0 Å². The number of carbonyl (C=O) groups is 2. The van der Waals surface area contributed by atoms with E-state index in [9.17, 15) is 9.59 Å². The average Bonchev–Trinajstić information content (AvgIpc) is 3.32. The molecule has 1 saturated carbocycles. The lowest BCUT2D eigenvalue weighted by molar-refractivity contribution is -0.138. The zero-order valence-electron chi connectivity index (χ0n) is 12.5. The minimum atomic E-state index is -0.726. The van der Waals surface area contributed by atoms with Crippen LogP contribution in [0.25, 0.3) is 0 Å². The highest BCUT2D eigenvalue weighted by molar-refractivity contribution is 5.74. The Morgan fingerprint density at radius 1 is 0.857 bits per heavy atom. The van der Waals surface area contributed by atoms with Gasteiger partial charge in [-0.25, -0.2) is 4.79 Å². The standard InChI is InChI=1S/C15H25N3O3/c19-14(20)11-12-3-5-17(6-4-12)15(21)18-9-7-16(8-10-18)13-1-2-13/h12-13H,1-11H2,(H,19,20). The average molecular weight is 295 g/mol. The lowest BCUT2D eigenvalue weighted by atomic mass is 9.94. The first-order chi connectivity index (χ1) is 10.1. The van der Waals surface area contributed by atoms with Crippen LogP contribution in [0.2, 0.25) is 0 Å². The third kappa shape index (κ3) is 3.67. The lowest BCUT2D eigenvalue weighted by Gasteiger charge is -2.39. The zero-order chi connectivity index (χ0) is 14.8. The minimum Gasteiger partial charge on any atom is -0.481 e. The highest BCUT2D eigenvalue weighted by Crippen LogP contribution is 2.28. The number of carbonyl (C=O) groups excluding carboxylic acids is 1. The number of piperazine rings is 1. The zero-order valence-corrected chi connectivity index (χ0v) is 12.5. The van der Waals surface area contributed by atoms with Crippen LogP contribution in [0.15, 0.2) is 0 Å². The van der Waals surface area contributed by atoms with Gasteiger partial charge in [0.1, 0.15) is 0 Å². The van der Waals surface area contributed by atoms with Crippen LogP contribution in [0, 0.1) is 5.92 Å². The van der Waals surface area contributed by atoms with Crippen LogP contribution < -0.4 is 0 Å². The van der Waals surface area contributed by atoms with Crippen molar-refractivity contribution in [2.45, 2.75) is 38.1 Å². The van der Waals surface area contributed by atoms with E-state index in [-0.39, 0.29) is 18.4 Å². The molecule has 0 bridgehead atoms. The Bertz CT molecular complexity index is 395. The van der Waals surface area contributed by atoms with Crippen LogP contribution in [0.4, 0.5) is 4.79 Å². The number of carboxylic acid groups (broad SMARTS) is 1. The van der Waals surface area contributed by atoms with Crippen LogP contribution >= 0.6 is 0 Å². The smallest absolute Gasteiger partial charge is 0.320 e. The summed E-state index contributed by atoms with van der Waals surface area (Å²) in [6, 6.07) is 0.938. The van der Waals surface area contributed by atoms with Gasteiger partial charge in [-0.1, -0.05) is 0 Å². The van der Waals surface area contributed by atoms with Gasteiger partial charge < -0.3 is 14.9 Å². The number of piperidine rings is 1. The van der Waals surface area contributed by atoms with Crippen molar-refractivity contribution in [2.75, 3.05) is 39.3 Å². The van der Waals surface area contributed by atoms with E-state index in [1.165, 1.54) is 12.8 Å². The molecule has 21 heavy (non-hydrogen) atoms. The highest BCUT2D eigenvalue weighted by Gasteiger charge is 2.34. The van der Waals surface area contributed by atoms with Gasteiger partial charge in [0, 0.05) is 51.7 Å². The second-order valence-corrected chi connectivity index (χ2v) is 6.57. The summed E-state index contributed by atoms with van der Waals surface area (Å²) >= 11 is 0. The van der Waals surface area contributed by atoms with Gasteiger partial charge in [-0.15, -0.1) is 0 Å². The molecule has 3 rings (SSSR count). The fraction of sp³-hybridized carbons (Fsp3) is 0.867. The molecule has 0 unspecified atom stereocenters. The molecule has 0 aromatic heterocycles. The highest BCUT2D eigenvalue weighted by atomic mass is 16.4. The summed E-state index contributed by atoms with van der Waals surface area (Å²) in [5, 5.41) is 8.83. The Morgan fingerprint density at radius 2 is 1.43 bits per heavy atom. The molecular formula is C15H25N3O3. The van der Waals surface area contributed by atoms with Gasteiger partial charge in [-0.2, -0.15) is 0 Å². The minimum absolute atomic E-state index is 0.152. The van der Waals surface area contributed by atoms with E-state index in [2.05, 4.69) is 4.90 Å². The monoisotopic (exact) mass is 295 g/mol. The molecule has 3 aliphatic rings. The molecule has 118 valence electrons. The normalized spacial score (nSPS) is 25.1. The molecule has 2 aliphatic heterocycles. The van der Waals surface area contributed by atoms with Crippen molar-refractivity contribution in [3.05, 3.63) is 0 Å². The van der Waals surface area contributed by atoms with E-state index in [0.717, 1.165) is 45.1 Å². The van der Waals surface area contributed by atoms with E-state index < -0.39 is 5.97 Å². The van der Waals surface area contributed by atoms with Crippen molar-refractivity contribution in [2.24, 2.45) is 5.92 Å². The predicted molar refractivity (Wildman–Crippen MR) is 78.1 cm³/mol. The van der Waals surface area contributed by atoms with Crippen molar-refractivity contribution < 1.29 is 14.7 Å². The summed E-state index contributed by atoms with van der Waals surface area (Å²) in [5.74, 6) is -0.491.